The highest BCUT2D eigenvalue weighted by atomic mass is 32.1. The second-order valence-corrected chi connectivity index (χ2v) is 12.4. The van der Waals surface area contributed by atoms with E-state index in [-0.39, 0.29) is 11.5 Å². The van der Waals surface area contributed by atoms with Gasteiger partial charge in [-0.1, -0.05) is 73.7 Å². The molecule has 5 aromatic rings. The van der Waals surface area contributed by atoms with Gasteiger partial charge < -0.3 is 19.5 Å². The van der Waals surface area contributed by atoms with Crippen LogP contribution in [-0.4, -0.2) is 31.3 Å². The van der Waals surface area contributed by atoms with E-state index in [1.54, 1.807) is 37.8 Å². The lowest BCUT2D eigenvalue weighted by Gasteiger charge is -2.26. The van der Waals surface area contributed by atoms with E-state index in [9.17, 15) is 9.59 Å². The number of benzene rings is 4. The van der Waals surface area contributed by atoms with Crippen molar-refractivity contribution < 1.29 is 19.0 Å². The summed E-state index contributed by atoms with van der Waals surface area (Å²) in [5.74, 6) is 1.92. The number of ether oxygens (including phenoxy) is 3. The van der Waals surface area contributed by atoms with Gasteiger partial charge in [-0.05, 0) is 60.2 Å². The maximum Gasteiger partial charge on any atom is 0.271 e. The van der Waals surface area contributed by atoms with Crippen molar-refractivity contribution in [2.75, 3.05) is 26.1 Å². The summed E-state index contributed by atoms with van der Waals surface area (Å²) in [6.07, 6.45) is 1.89. The number of amides is 1. The van der Waals surface area contributed by atoms with Crippen LogP contribution < -0.4 is 34.4 Å². The minimum Gasteiger partial charge on any atom is -0.497 e. The number of para-hydroxylation sites is 1. The number of carbonyl (C=O) groups is 1. The number of methoxy groups -OCH3 is 2. The molecule has 0 saturated carbocycles. The van der Waals surface area contributed by atoms with Gasteiger partial charge in [0, 0.05) is 22.7 Å². The Hall–Kier alpha value is -5.15. The van der Waals surface area contributed by atoms with Crippen LogP contribution in [0, 0.1) is 5.92 Å². The number of hydrogen-bond donors (Lipinski definition) is 1. The summed E-state index contributed by atoms with van der Waals surface area (Å²) in [7, 11) is 3.13. The van der Waals surface area contributed by atoms with Crippen LogP contribution >= 0.6 is 11.3 Å². The summed E-state index contributed by atoms with van der Waals surface area (Å²) in [6.45, 7) is 6.63. The van der Waals surface area contributed by atoms with Crippen molar-refractivity contribution in [1.29, 1.82) is 0 Å². The Balaban J connectivity index is 1.53. The van der Waals surface area contributed by atoms with Crippen LogP contribution in [0.1, 0.15) is 37.9 Å². The summed E-state index contributed by atoms with van der Waals surface area (Å²) < 4.78 is 19.4. The first kappa shape index (κ1) is 30.9. The fourth-order valence-corrected chi connectivity index (χ4v) is 6.65. The predicted octanol–water partition coefficient (Wildman–Crippen LogP) is 6.08. The van der Waals surface area contributed by atoms with E-state index in [1.807, 2.05) is 78.9 Å². The van der Waals surface area contributed by atoms with E-state index in [1.165, 1.54) is 11.3 Å². The van der Waals surface area contributed by atoms with Crippen LogP contribution in [0.25, 0.3) is 16.8 Å². The van der Waals surface area contributed by atoms with Gasteiger partial charge in [-0.3, -0.25) is 14.2 Å². The fraction of sp³-hybridized carbons (Fsp3) is 0.216. The van der Waals surface area contributed by atoms with Gasteiger partial charge in [-0.25, -0.2) is 4.99 Å². The Morgan fingerprint density at radius 1 is 0.957 bits per heavy atom. The lowest BCUT2D eigenvalue weighted by Crippen LogP contribution is -2.40. The number of carbonyl (C=O) groups excluding carboxylic acids is 1. The lowest BCUT2D eigenvalue weighted by molar-refractivity contribution is -0.113. The molecule has 0 radical (unpaired) electrons. The zero-order chi connectivity index (χ0) is 32.4. The standard InChI is InChI=1S/C37H35N3O5S/c1-22(2)21-45-30-18-15-24(27-13-9-10-14-28(27)30)19-32-36(42)40-34(29-17-16-26(43-4)20-31(29)44-5)33(23(3)38-37(40)46-32)35(41)39-25-11-7-6-8-12-25/h6-20,22,34H,21H2,1-5H3,(H,39,41)/b32-19-/t34-/m0/s1. The van der Waals surface area contributed by atoms with E-state index >= 15 is 0 Å². The van der Waals surface area contributed by atoms with E-state index in [0.29, 0.717) is 55.9 Å². The zero-order valence-corrected chi connectivity index (χ0v) is 27.2. The monoisotopic (exact) mass is 633 g/mol. The second kappa shape index (κ2) is 13.1. The van der Waals surface area contributed by atoms with Gasteiger partial charge >= 0.3 is 0 Å². The van der Waals surface area contributed by atoms with Gasteiger partial charge in [-0.15, -0.1) is 0 Å². The highest BCUT2D eigenvalue weighted by Gasteiger charge is 2.34. The Morgan fingerprint density at radius 3 is 2.41 bits per heavy atom. The molecule has 0 saturated heterocycles. The molecule has 0 aliphatic carbocycles. The molecule has 2 heterocycles. The Labute approximate surface area is 270 Å². The van der Waals surface area contributed by atoms with E-state index in [2.05, 4.69) is 19.2 Å². The SMILES string of the molecule is COc1ccc([C@H]2C(C(=O)Nc3ccccc3)=C(C)N=c3s/c(=C\c4ccc(OCC(C)C)c5ccccc45)c(=O)n32)c(OC)c1. The van der Waals surface area contributed by atoms with Crippen LogP contribution in [0.15, 0.2) is 106 Å². The quantitative estimate of drug-likeness (QED) is 0.213. The van der Waals surface area contributed by atoms with Gasteiger partial charge in [0.1, 0.15) is 23.3 Å². The van der Waals surface area contributed by atoms with Gasteiger partial charge in [-0.2, -0.15) is 0 Å². The van der Waals surface area contributed by atoms with Gasteiger partial charge in [0.25, 0.3) is 11.5 Å². The molecule has 0 unspecified atom stereocenters. The molecule has 0 spiro atoms. The van der Waals surface area contributed by atoms with Crippen LogP contribution in [-0.2, 0) is 4.79 Å². The molecule has 1 aromatic heterocycles. The molecule has 8 nitrogen and oxygen atoms in total. The number of aromatic nitrogens is 1. The van der Waals surface area contributed by atoms with Gasteiger partial charge in [0.2, 0.25) is 0 Å². The molecule has 1 aliphatic heterocycles. The van der Waals surface area contributed by atoms with Crippen molar-refractivity contribution in [2.24, 2.45) is 10.9 Å². The van der Waals surface area contributed by atoms with Crippen molar-refractivity contribution in [1.82, 2.24) is 4.57 Å². The minimum absolute atomic E-state index is 0.256. The van der Waals surface area contributed by atoms with Crippen molar-refractivity contribution in [3.8, 4) is 17.2 Å². The Morgan fingerprint density at radius 2 is 1.70 bits per heavy atom. The number of anilines is 1. The van der Waals surface area contributed by atoms with Gasteiger partial charge in [0.15, 0.2) is 4.80 Å². The van der Waals surface area contributed by atoms with Crippen LogP contribution in [0.3, 0.4) is 0 Å². The number of hydrogen-bond acceptors (Lipinski definition) is 7. The van der Waals surface area contributed by atoms with Crippen molar-refractivity contribution in [3.63, 3.8) is 0 Å². The third-order valence-corrected chi connectivity index (χ3v) is 8.79. The molecule has 4 aromatic carbocycles. The smallest absolute Gasteiger partial charge is 0.271 e. The number of nitrogens with one attached hydrogen (secondary N) is 1. The van der Waals surface area contributed by atoms with Gasteiger partial charge in [0.05, 0.1) is 36.6 Å². The van der Waals surface area contributed by atoms with E-state index in [0.717, 1.165) is 22.1 Å². The zero-order valence-electron chi connectivity index (χ0n) is 26.4. The number of nitrogens with zero attached hydrogens (tertiary/aromatic N) is 2. The van der Waals surface area contributed by atoms with Crippen molar-refractivity contribution in [2.45, 2.75) is 26.8 Å². The first-order chi connectivity index (χ1) is 22.3. The van der Waals surface area contributed by atoms with E-state index < -0.39 is 6.04 Å². The third-order valence-electron chi connectivity index (χ3n) is 7.81. The molecule has 234 valence electrons. The number of rotatable bonds is 9. The Bertz CT molecular complexity index is 2150. The van der Waals surface area contributed by atoms with Crippen molar-refractivity contribution in [3.05, 3.63) is 127 Å². The fourth-order valence-electron chi connectivity index (χ4n) is 5.61. The second-order valence-electron chi connectivity index (χ2n) is 11.4. The molecule has 6 rings (SSSR count). The Kier molecular flexibility index (Phi) is 8.76. The van der Waals surface area contributed by atoms with E-state index in [4.69, 9.17) is 19.2 Å². The average Bonchev–Trinajstić information content (AvgIpc) is 3.37. The summed E-state index contributed by atoms with van der Waals surface area (Å²) in [6, 6.07) is 25.7. The molecule has 1 amide bonds. The van der Waals surface area contributed by atoms with Crippen LogP contribution in [0.2, 0.25) is 0 Å². The number of allylic oxidation sites excluding steroid dienone is 1. The largest absolute Gasteiger partial charge is 0.497 e. The summed E-state index contributed by atoms with van der Waals surface area (Å²) in [5, 5.41) is 4.93. The summed E-state index contributed by atoms with van der Waals surface area (Å²) in [4.78, 5) is 33.6. The third kappa shape index (κ3) is 5.93. The molecule has 9 heteroatoms. The molecule has 1 aliphatic rings. The molecule has 1 atom stereocenters. The van der Waals surface area contributed by atoms with Crippen molar-refractivity contribution >= 4 is 39.8 Å². The normalized spacial score (nSPS) is 14.7. The molecular formula is C37H35N3O5S. The molecule has 0 fully saturated rings. The highest BCUT2D eigenvalue weighted by Crippen LogP contribution is 2.38. The first-order valence-corrected chi connectivity index (χ1v) is 15.9. The lowest BCUT2D eigenvalue weighted by atomic mass is 9.94. The highest BCUT2D eigenvalue weighted by molar-refractivity contribution is 7.07. The molecule has 46 heavy (non-hydrogen) atoms. The van der Waals surface area contributed by atoms with Crippen LogP contribution in [0.4, 0.5) is 5.69 Å². The average molecular weight is 634 g/mol. The molecule has 1 N–H and O–H groups in total. The molecular weight excluding hydrogens is 598 g/mol. The first-order valence-electron chi connectivity index (χ1n) is 15.0. The number of thiazole rings is 1. The minimum atomic E-state index is -0.800. The summed E-state index contributed by atoms with van der Waals surface area (Å²) in [5.41, 5.74) is 2.77. The van der Waals surface area contributed by atoms with Crippen LogP contribution in [0.5, 0.6) is 17.2 Å². The predicted molar refractivity (Wildman–Crippen MR) is 183 cm³/mol. The maximum atomic E-state index is 14.4. The molecule has 0 bridgehead atoms. The number of fused-ring (bicyclic) bond motifs is 2. The summed E-state index contributed by atoms with van der Waals surface area (Å²) >= 11 is 1.29. The topological polar surface area (TPSA) is 91.2 Å². The maximum absolute atomic E-state index is 14.4.